The second kappa shape index (κ2) is 5.91. The lowest BCUT2D eigenvalue weighted by atomic mass is 10.1. The summed E-state index contributed by atoms with van der Waals surface area (Å²) < 4.78 is 33.6. The molecule has 0 saturated heterocycles. The summed E-state index contributed by atoms with van der Waals surface area (Å²) in [6.07, 6.45) is 5.69. The van der Waals surface area contributed by atoms with Gasteiger partial charge in [0.2, 0.25) is 5.43 Å². The number of pyridine rings is 1. The van der Waals surface area contributed by atoms with Gasteiger partial charge in [-0.2, -0.15) is 0 Å². The van der Waals surface area contributed by atoms with Crippen LogP contribution in [0.1, 0.15) is 29.2 Å². The second-order valence-corrected chi connectivity index (χ2v) is 7.22. The number of aromatic nitrogens is 2. The number of fused-ring (bicyclic) bond motifs is 2. The fraction of sp³-hybridized carbons (Fsp3) is 0.143. The largest absolute Gasteiger partial charge is 0.477 e. The van der Waals surface area contributed by atoms with E-state index in [1.807, 2.05) is 24.3 Å². The monoisotopic (exact) mass is 395 g/mol. The molecule has 0 aliphatic heterocycles. The van der Waals surface area contributed by atoms with Gasteiger partial charge in [-0.3, -0.25) is 4.79 Å². The van der Waals surface area contributed by atoms with Crippen LogP contribution < -0.4 is 11.2 Å². The summed E-state index contributed by atoms with van der Waals surface area (Å²) in [6.45, 7) is 0. The molecule has 0 unspecified atom stereocenters. The number of hydrogen-bond donors (Lipinski definition) is 2. The van der Waals surface area contributed by atoms with Crippen LogP contribution in [0, 0.1) is 11.6 Å². The van der Waals surface area contributed by atoms with Crippen LogP contribution in [0.5, 0.6) is 0 Å². The molecule has 1 saturated carbocycles. The number of halogens is 2. The van der Waals surface area contributed by atoms with Gasteiger partial charge in [0.1, 0.15) is 11.3 Å². The predicted octanol–water partition coefficient (Wildman–Crippen LogP) is 3.84. The van der Waals surface area contributed by atoms with Crippen molar-refractivity contribution < 1.29 is 18.7 Å². The lowest BCUT2D eigenvalue weighted by molar-refractivity contribution is 0.0695. The molecule has 3 N–H and O–H groups in total. The molecule has 0 amide bonds. The normalized spacial score (nSPS) is 14.0. The highest BCUT2D eigenvalue weighted by atomic mass is 19.1. The van der Waals surface area contributed by atoms with Crippen LogP contribution in [-0.4, -0.2) is 20.2 Å². The number of rotatable bonds is 3. The Balaban J connectivity index is 1.92. The molecule has 2 aromatic heterocycles. The molecule has 146 valence electrons. The third kappa shape index (κ3) is 2.45. The molecule has 1 aliphatic rings. The van der Waals surface area contributed by atoms with Gasteiger partial charge in [-0.15, -0.1) is 0 Å². The zero-order valence-corrected chi connectivity index (χ0v) is 15.0. The summed E-state index contributed by atoms with van der Waals surface area (Å²) >= 11 is 0. The first kappa shape index (κ1) is 17.4. The van der Waals surface area contributed by atoms with E-state index in [0.29, 0.717) is 12.8 Å². The molecule has 0 atom stereocenters. The SMILES string of the molecule is Nc1c(F)c(-n2cc3ccccc3c2)c(F)c2c1c(=O)c(C(=O)O)cn2C1CC1. The molecule has 0 spiro atoms. The fourth-order valence-corrected chi connectivity index (χ4v) is 3.78. The summed E-state index contributed by atoms with van der Waals surface area (Å²) in [6, 6.07) is 7.09. The Morgan fingerprint density at radius 2 is 1.69 bits per heavy atom. The van der Waals surface area contributed by atoms with Crippen LogP contribution in [-0.2, 0) is 0 Å². The Morgan fingerprint density at radius 3 is 2.24 bits per heavy atom. The number of carboxylic acid groups (broad SMARTS) is 1. The topological polar surface area (TPSA) is 90.2 Å². The Labute approximate surface area is 162 Å². The minimum atomic E-state index is -1.47. The Kier molecular flexibility index (Phi) is 3.55. The first-order valence-corrected chi connectivity index (χ1v) is 9.04. The Bertz CT molecular complexity index is 1370. The average Bonchev–Trinajstić information content (AvgIpc) is 3.44. The van der Waals surface area contributed by atoms with E-state index in [0.717, 1.165) is 17.0 Å². The third-order valence-corrected chi connectivity index (χ3v) is 5.35. The van der Waals surface area contributed by atoms with Crippen molar-refractivity contribution in [3.05, 3.63) is 70.3 Å². The summed E-state index contributed by atoms with van der Waals surface area (Å²) in [5.41, 5.74) is 3.23. The molecule has 29 heavy (non-hydrogen) atoms. The number of benzene rings is 2. The van der Waals surface area contributed by atoms with Gasteiger partial charge in [0, 0.05) is 24.6 Å². The number of nitrogen functional groups attached to an aromatic ring is 1. The van der Waals surface area contributed by atoms with E-state index in [-0.39, 0.29) is 11.6 Å². The van der Waals surface area contributed by atoms with Gasteiger partial charge in [-0.25, -0.2) is 13.6 Å². The predicted molar refractivity (Wildman–Crippen MR) is 105 cm³/mol. The molecular formula is C21H15F2N3O3. The highest BCUT2D eigenvalue weighted by Gasteiger charge is 2.32. The number of nitrogens with zero attached hydrogens (tertiary/aromatic N) is 2. The van der Waals surface area contributed by atoms with Crippen molar-refractivity contribution in [2.24, 2.45) is 0 Å². The minimum Gasteiger partial charge on any atom is -0.477 e. The van der Waals surface area contributed by atoms with E-state index < -0.39 is 45.4 Å². The number of carbonyl (C=O) groups is 1. The Hall–Kier alpha value is -3.68. The van der Waals surface area contributed by atoms with Crippen LogP contribution in [0.25, 0.3) is 27.4 Å². The minimum absolute atomic E-state index is 0.160. The van der Waals surface area contributed by atoms with Crippen LogP contribution in [0.2, 0.25) is 0 Å². The standard InChI is InChI=1S/C21H15F2N3O3/c22-15-17(24)14-18(26(12-5-6-12)9-13(20(14)27)21(28)29)16(23)19(15)25-7-10-3-1-2-4-11(10)8-25/h1-4,7-9,12H,5-6,24H2,(H,28,29). The molecule has 1 fully saturated rings. The number of aromatic carboxylic acids is 1. The highest BCUT2D eigenvalue weighted by Crippen LogP contribution is 2.40. The van der Waals surface area contributed by atoms with Crippen molar-refractivity contribution in [2.45, 2.75) is 18.9 Å². The molecule has 2 heterocycles. The van der Waals surface area contributed by atoms with Crippen molar-refractivity contribution in [1.82, 2.24) is 9.13 Å². The zero-order chi connectivity index (χ0) is 20.4. The number of anilines is 1. The molecule has 2 aromatic carbocycles. The molecule has 0 radical (unpaired) electrons. The number of carboxylic acids is 1. The van der Waals surface area contributed by atoms with Crippen LogP contribution in [0.3, 0.4) is 0 Å². The van der Waals surface area contributed by atoms with Crippen LogP contribution in [0.4, 0.5) is 14.5 Å². The second-order valence-electron chi connectivity index (χ2n) is 7.22. The lowest BCUT2D eigenvalue weighted by Crippen LogP contribution is -2.22. The lowest BCUT2D eigenvalue weighted by Gasteiger charge is -2.17. The quantitative estimate of drug-likeness (QED) is 0.516. The maximum absolute atomic E-state index is 15.7. The van der Waals surface area contributed by atoms with Gasteiger partial charge in [0.05, 0.1) is 16.6 Å². The van der Waals surface area contributed by atoms with Crippen molar-refractivity contribution in [2.75, 3.05) is 5.73 Å². The van der Waals surface area contributed by atoms with Crippen LogP contribution >= 0.6 is 0 Å². The van der Waals surface area contributed by atoms with Gasteiger partial charge in [0.25, 0.3) is 0 Å². The van der Waals surface area contributed by atoms with Crippen molar-refractivity contribution in [1.29, 1.82) is 0 Å². The summed E-state index contributed by atoms with van der Waals surface area (Å²) in [4.78, 5) is 24.1. The number of hydrogen-bond acceptors (Lipinski definition) is 3. The van der Waals surface area contributed by atoms with Crippen molar-refractivity contribution in [3.63, 3.8) is 0 Å². The van der Waals surface area contributed by atoms with Gasteiger partial charge in [-0.1, -0.05) is 24.3 Å². The first-order valence-electron chi connectivity index (χ1n) is 9.04. The summed E-state index contributed by atoms with van der Waals surface area (Å²) in [5.74, 6) is -3.52. The molecule has 0 bridgehead atoms. The fourth-order valence-electron chi connectivity index (χ4n) is 3.78. The van der Waals surface area contributed by atoms with Crippen molar-refractivity contribution >= 4 is 33.3 Å². The van der Waals surface area contributed by atoms with Gasteiger partial charge in [-0.05, 0) is 23.6 Å². The molecule has 4 aromatic rings. The van der Waals surface area contributed by atoms with E-state index in [1.54, 1.807) is 12.4 Å². The number of nitrogens with two attached hydrogens (primary N) is 1. The van der Waals surface area contributed by atoms with E-state index in [2.05, 4.69) is 0 Å². The summed E-state index contributed by atoms with van der Waals surface area (Å²) in [7, 11) is 0. The van der Waals surface area contributed by atoms with E-state index >= 15 is 8.78 Å². The smallest absolute Gasteiger partial charge is 0.341 e. The third-order valence-electron chi connectivity index (χ3n) is 5.35. The van der Waals surface area contributed by atoms with Crippen molar-refractivity contribution in [3.8, 4) is 5.69 Å². The first-order chi connectivity index (χ1) is 13.9. The van der Waals surface area contributed by atoms with E-state index in [4.69, 9.17) is 5.73 Å². The van der Waals surface area contributed by atoms with Gasteiger partial charge in [0.15, 0.2) is 11.6 Å². The molecule has 8 heteroatoms. The molecular weight excluding hydrogens is 380 g/mol. The molecule has 5 rings (SSSR count). The van der Waals surface area contributed by atoms with E-state index in [9.17, 15) is 14.7 Å². The Morgan fingerprint density at radius 1 is 1.07 bits per heavy atom. The van der Waals surface area contributed by atoms with Gasteiger partial charge >= 0.3 is 5.97 Å². The van der Waals surface area contributed by atoms with E-state index in [1.165, 1.54) is 9.13 Å². The molecule has 6 nitrogen and oxygen atoms in total. The van der Waals surface area contributed by atoms with Crippen LogP contribution in [0.15, 0.2) is 47.7 Å². The van der Waals surface area contributed by atoms with Gasteiger partial charge < -0.3 is 20.0 Å². The molecule has 1 aliphatic carbocycles. The zero-order valence-electron chi connectivity index (χ0n) is 15.0. The average molecular weight is 395 g/mol. The summed E-state index contributed by atoms with van der Waals surface area (Å²) in [5, 5.41) is 10.5. The maximum Gasteiger partial charge on any atom is 0.341 e. The highest BCUT2D eigenvalue weighted by molar-refractivity contribution is 5.99. The maximum atomic E-state index is 15.7.